The first-order chi connectivity index (χ1) is 13.0. The van der Waals surface area contributed by atoms with Gasteiger partial charge in [0.1, 0.15) is 11.0 Å². The maximum atomic E-state index is 12.8. The zero-order valence-electron chi connectivity index (χ0n) is 14.7. The first-order valence-corrected chi connectivity index (χ1v) is 9.38. The lowest BCUT2D eigenvalue weighted by Crippen LogP contribution is -2.29. The normalized spacial score (nSPS) is 13.1. The number of halogens is 1. The molecule has 2 aromatic carbocycles. The van der Waals surface area contributed by atoms with Gasteiger partial charge in [0.05, 0.1) is 37.3 Å². The molecule has 1 heterocycles. The molecule has 0 N–H and O–H groups in total. The van der Waals surface area contributed by atoms with Crippen LogP contribution in [0, 0.1) is 0 Å². The molecule has 0 aliphatic heterocycles. The van der Waals surface area contributed by atoms with Gasteiger partial charge in [-0.25, -0.2) is 0 Å². The quantitative estimate of drug-likeness (QED) is 0.579. The monoisotopic (exact) mass is 404 g/mol. The number of nitrogens with zero attached hydrogens (tertiary/aromatic N) is 2. The van der Waals surface area contributed by atoms with Crippen molar-refractivity contribution in [2.45, 2.75) is 18.8 Å². The Balaban J connectivity index is 2.14. The van der Waals surface area contributed by atoms with Crippen molar-refractivity contribution in [3.63, 3.8) is 0 Å². The van der Waals surface area contributed by atoms with Gasteiger partial charge >= 0.3 is 11.9 Å². The second kappa shape index (κ2) is 8.45. The molecule has 6 nitrogen and oxygen atoms in total. The molecule has 1 aromatic heterocycles. The van der Waals surface area contributed by atoms with Crippen LogP contribution in [-0.2, 0) is 19.1 Å². The van der Waals surface area contributed by atoms with Crippen LogP contribution in [0.4, 0.5) is 0 Å². The lowest BCUT2D eigenvalue weighted by Gasteiger charge is -2.24. The van der Waals surface area contributed by atoms with Gasteiger partial charge in [-0.2, -0.15) is 8.75 Å². The zero-order valence-corrected chi connectivity index (χ0v) is 16.3. The lowest BCUT2D eigenvalue weighted by atomic mass is 9.81. The zero-order chi connectivity index (χ0) is 19.4. The Labute approximate surface area is 165 Å². The van der Waals surface area contributed by atoms with Crippen molar-refractivity contribution in [3.8, 4) is 0 Å². The largest absolute Gasteiger partial charge is 0.469 e. The SMILES string of the molecule is CCOC(=O)C(c1ccc2nsnc2c1)C(C(=O)OC)c1ccc(Cl)cc1. The van der Waals surface area contributed by atoms with E-state index < -0.39 is 23.8 Å². The summed E-state index contributed by atoms with van der Waals surface area (Å²) in [6, 6.07) is 12.0. The van der Waals surface area contributed by atoms with E-state index in [9.17, 15) is 9.59 Å². The van der Waals surface area contributed by atoms with Crippen molar-refractivity contribution < 1.29 is 19.1 Å². The number of ether oxygens (including phenoxy) is 2. The van der Waals surface area contributed by atoms with Gasteiger partial charge in [0.15, 0.2) is 0 Å². The average Bonchev–Trinajstić information content (AvgIpc) is 3.14. The maximum Gasteiger partial charge on any atom is 0.314 e. The van der Waals surface area contributed by atoms with E-state index in [1.165, 1.54) is 7.11 Å². The highest BCUT2D eigenvalue weighted by Crippen LogP contribution is 2.37. The molecule has 0 bridgehead atoms. The minimum atomic E-state index is -0.885. The number of rotatable bonds is 6. The summed E-state index contributed by atoms with van der Waals surface area (Å²) in [6.07, 6.45) is 0. The van der Waals surface area contributed by atoms with E-state index >= 15 is 0 Å². The predicted octanol–water partition coefficient (Wildman–Crippen LogP) is 3.95. The molecule has 0 spiro atoms. The molecular weight excluding hydrogens is 388 g/mol. The topological polar surface area (TPSA) is 78.4 Å². The summed E-state index contributed by atoms with van der Waals surface area (Å²) in [7, 11) is 1.29. The third-order valence-electron chi connectivity index (χ3n) is 4.20. The molecule has 3 aromatic rings. The molecular formula is C19H17ClN2O4S. The minimum Gasteiger partial charge on any atom is -0.469 e. The fourth-order valence-corrected chi connectivity index (χ4v) is 3.59. The van der Waals surface area contributed by atoms with Gasteiger partial charge in [-0.05, 0) is 42.3 Å². The van der Waals surface area contributed by atoms with E-state index in [4.69, 9.17) is 21.1 Å². The summed E-state index contributed by atoms with van der Waals surface area (Å²) in [5.41, 5.74) is 2.61. The summed E-state index contributed by atoms with van der Waals surface area (Å²) in [6.45, 7) is 1.92. The van der Waals surface area contributed by atoms with Crippen LogP contribution >= 0.6 is 23.3 Å². The summed E-state index contributed by atoms with van der Waals surface area (Å²) >= 11 is 7.06. The third kappa shape index (κ3) is 4.09. The summed E-state index contributed by atoms with van der Waals surface area (Å²) in [4.78, 5) is 25.5. The molecule has 2 atom stereocenters. The van der Waals surface area contributed by atoms with Crippen LogP contribution in [-0.4, -0.2) is 34.4 Å². The fraction of sp³-hybridized carbons (Fsp3) is 0.263. The number of fused-ring (bicyclic) bond motifs is 1. The van der Waals surface area contributed by atoms with Gasteiger partial charge in [0.2, 0.25) is 0 Å². The Morgan fingerprint density at radius 1 is 1.00 bits per heavy atom. The van der Waals surface area contributed by atoms with Crippen molar-refractivity contribution in [2.75, 3.05) is 13.7 Å². The van der Waals surface area contributed by atoms with Gasteiger partial charge in [-0.15, -0.1) is 0 Å². The Hall–Kier alpha value is -2.51. The lowest BCUT2D eigenvalue weighted by molar-refractivity contribution is -0.152. The highest BCUT2D eigenvalue weighted by Gasteiger charge is 2.38. The van der Waals surface area contributed by atoms with E-state index in [1.807, 2.05) is 0 Å². The van der Waals surface area contributed by atoms with Gasteiger partial charge in [-0.1, -0.05) is 29.8 Å². The van der Waals surface area contributed by atoms with Crippen LogP contribution in [0.15, 0.2) is 42.5 Å². The number of carbonyl (C=O) groups is 2. The van der Waals surface area contributed by atoms with Crippen molar-refractivity contribution in [1.82, 2.24) is 8.75 Å². The summed E-state index contributed by atoms with van der Waals surface area (Å²) in [5.74, 6) is -2.81. The van der Waals surface area contributed by atoms with Crippen LogP contribution in [0.2, 0.25) is 5.02 Å². The number of carbonyl (C=O) groups excluding carboxylic acids is 2. The molecule has 0 amide bonds. The van der Waals surface area contributed by atoms with E-state index in [0.29, 0.717) is 21.7 Å². The molecule has 27 heavy (non-hydrogen) atoms. The molecule has 0 saturated heterocycles. The molecule has 140 valence electrons. The van der Waals surface area contributed by atoms with E-state index in [0.717, 1.165) is 17.2 Å². The van der Waals surface area contributed by atoms with Crippen molar-refractivity contribution in [2.24, 2.45) is 0 Å². The van der Waals surface area contributed by atoms with Gasteiger partial charge < -0.3 is 9.47 Å². The highest BCUT2D eigenvalue weighted by molar-refractivity contribution is 7.00. The number of hydrogen-bond donors (Lipinski definition) is 0. The number of esters is 2. The van der Waals surface area contributed by atoms with Gasteiger partial charge in [0.25, 0.3) is 0 Å². The van der Waals surface area contributed by atoms with E-state index in [1.54, 1.807) is 49.4 Å². The molecule has 8 heteroatoms. The molecule has 0 radical (unpaired) electrons. The first-order valence-electron chi connectivity index (χ1n) is 8.27. The van der Waals surface area contributed by atoms with Crippen LogP contribution < -0.4 is 0 Å². The number of benzene rings is 2. The summed E-state index contributed by atoms with van der Waals surface area (Å²) < 4.78 is 18.7. The van der Waals surface area contributed by atoms with E-state index in [-0.39, 0.29) is 6.61 Å². The second-order valence-electron chi connectivity index (χ2n) is 5.79. The molecule has 3 rings (SSSR count). The van der Waals surface area contributed by atoms with Crippen LogP contribution in [0.5, 0.6) is 0 Å². The third-order valence-corrected chi connectivity index (χ3v) is 5.00. The van der Waals surface area contributed by atoms with E-state index in [2.05, 4.69) is 8.75 Å². The Bertz CT molecular complexity index is 958. The second-order valence-corrected chi connectivity index (χ2v) is 6.76. The fourth-order valence-electron chi connectivity index (χ4n) is 2.95. The van der Waals surface area contributed by atoms with Crippen molar-refractivity contribution in [1.29, 1.82) is 0 Å². The first kappa shape index (κ1) is 19.3. The average molecular weight is 405 g/mol. The highest BCUT2D eigenvalue weighted by atomic mass is 35.5. The predicted molar refractivity (Wildman–Crippen MR) is 103 cm³/mol. The van der Waals surface area contributed by atoms with Crippen molar-refractivity contribution >= 4 is 46.3 Å². The maximum absolute atomic E-state index is 12.8. The van der Waals surface area contributed by atoms with Crippen LogP contribution in [0.1, 0.15) is 29.9 Å². The van der Waals surface area contributed by atoms with Gasteiger partial charge in [0, 0.05) is 5.02 Å². The molecule has 0 aliphatic carbocycles. The Morgan fingerprint density at radius 3 is 2.30 bits per heavy atom. The molecule has 0 aliphatic rings. The van der Waals surface area contributed by atoms with Gasteiger partial charge in [-0.3, -0.25) is 9.59 Å². The smallest absolute Gasteiger partial charge is 0.314 e. The number of methoxy groups -OCH3 is 1. The molecule has 0 fully saturated rings. The standard InChI is InChI=1S/C19H17ClN2O4S/c1-3-26-19(24)17(12-6-9-14-15(10-12)22-27-21-14)16(18(23)25-2)11-4-7-13(20)8-5-11/h4-10,16-17H,3H2,1-2H3. The van der Waals surface area contributed by atoms with Crippen molar-refractivity contribution in [3.05, 3.63) is 58.6 Å². The Kier molecular flexibility index (Phi) is 6.03. The molecule has 2 unspecified atom stereocenters. The number of hydrogen-bond acceptors (Lipinski definition) is 7. The minimum absolute atomic E-state index is 0.199. The number of aromatic nitrogens is 2. The molecule has 0 saturated carbocycles. The Morgan fingerprint density at radius 2 is 1.63 bits per heavy atom. The summed E-state index contributed by atoms with van der Waals surface area (Å²) in [5, 5.41) is 0.532. The van der Waals surface area contributed by atoms with Crippen LogP contribution in [0.3, 0.4) is 0 Å². The van der Waals surface area contributed by atoms with Crippen LogP contribution in [0.25, 0.3) is 11.0 Å².